The number of hydrogen-bond donors (Lipinski definition) is 0. The normalized spacial score (nSPS) is 13.2. The van der Waals surface area contributed by atoms with E-state index in [1.54, 1.807) is 6.08 Å². The summed E-state index contributed by atoms with van der Waals surface area (Å²) in [6.07, 6.45) is 1.73. The lowest BCUT2D eigenvalue weighted by Gasteiger charge is -2.30. The molecule has 132 valence electrons. The van der Waals surface area contributed by atoms with Crippen molar-refractivity contribution in [1.29, 1.82) is 0 Å². The molecule has 1 aromatic carbocycles. The van der Waals surface area contributed by atoms with Crippen molar-refractivity contribution in [2.24, 2.45) is 0 Å². The molecule has 0 fully saturated rings. The quantitative estimate of drug-likeness (QED) is 0.804. The maximum atomic E-state index is 12.8. The first-order valence-electron chi connectivity index (χ1n) is 9.13. The summed E-state index contributed by atoms with van der Waals surface area (Å²) in [4.78, 5) is 26.5. The van der Waals surface area contributed by atoms with Gasteiger partial charge in [-0.25, -0.2) is 9.97 Å². The van der Waals surface area contributed by atoms with Crippen LogP contribution in [0.3, 0.4) is 0 Å². The summed E-state index contributed by atoms with van der Waals surface area (Å²) < 4.78 is 0. The highest BCUT2D eigenvalue weighted by Gasteiger charge is 2.27. The van der Waals surface area contributed by atoms with Gasteiger partial charge in [0.1, 0.15) is 11.5 Å². The molecule has 1 heterocycles. The number of aromatic nitrogens is 2. The lowest BCUT2D eigenvalue weighted by atomic mass is 9.94. The number of nitrogens with zero attached hydrogens (tertiary/aromatic N) is 4. The van der Waals surface area contributed by atoms with Crippen molar-refractivity contribution in [2.75, 3.05) is 31.1 Å². The molecule has 5 heteroatoms. The minimum Gasteiger partial charge on any atom is -0.371 e. The molecule has 0 spiro atoms. The number of anilines is 1. The van der Waals surface area contributed by atoms with Crippen molar-refractivity contribution in [1.82, 2.24) is 14.9 Å². The Kier molecular flexibility index (Phi) is 4.75. The number of aryl methyl sites for hydroxylation is 1. The second-order valence-corrected chi connectivity index (χ2v) is 6.21. The van der Waals surface area contributed by atoms with E-state index in [4.69, 9.17) is 4.98 Å². The van der Waals surface area contributed by atoms with Gasteiger partial charge in [-0.1, -0.05) is 0 Å². The van der Waals surface area contributed by atoms with Gasteiger partial charge in [-0.2, -0.15) is 0 Å². The largest absolute Gasteiger partial charge is 0.371 e. The van der Waals surface area contributed by atoms with E-state index in [0.717, 1.165) is 54.0 Å². The van der Waals surface area contributed by atoms with Crippen LogP contribution in [0.2, 0.25) is 0 Å². The second-order valence-electron chi connectivity index (χ2n) is 6.21. The van der Waals surface area contributed by atoms with Gasteiger partial charge in [0.2, 0.25) is 5.78 Å². The molecular formula is C20H26N4O. The molecule has 2 aromatic rings. The van der Waals surface area contributed by atoms with Crippen LogP contribution in [0.1, 0.15) is 49.6 Å². The van der Waals surface area contributed by atoms with Crippen molar-refractivity contribution in [3.63, 3.8) is 0 Å². The molecule has 3 rings (SSSR count). The van der Waals surface area contributed by atoms with Gasteiger partial charge in [0.15, 0.2) is 0 Å². The van der Waals surface area contributed by atoms with Gasteiger partial charge >= 0.3 is 0 Å². The number of carbonyl (C=O) groups excluding carboxylic acids is 1. The van der Waals surface area contributed by atoms with Gasteiger partial charge in [-0.15, -0.1) is 0 Å². The van der Waals surface area contributed by atoms with Crippen molar-refractivity contribution in [3.05, 3.63) is 35.3 Å². The molecular weight excluding hydrogens is 312 g/mol. The average Bonchev–Trinajstić information content (AvgIpc) is 2.61. The SMILES string of the molecule is CCN(CC)C1=CC(=O)c2nc(C)nc3c(N(CC)CC)ccc1c23. The Labute approximate surface area is 149 Å². The van der Waals surface area contributed by atoms with Crippen LogP contribution in [0.25, 0.3) is 16.6 Å². The monoisotopic (exact) mass is 338 g/mol. The molecule has 0 radical (unpaired) electrons. The molecule has 0 unspecified atom stereocenters. The molecule has 0 aliphatic heterocycles. The van der Waals surface area contributed by atoms with E-state index in [1.165, 1.54) is 0 Å². The van der Waals surface area contributed by atoms with Gasteiger partial charge in [0, 0.05) is 48.9 Å². The third kappa shape index (κ3) is 2.77. The maximum Gasteiger partial charge on any atom is 0.207 e. The summed E-state index contributed by atoms with van der Waals surface area (Å²) in [5, 5.41) is 0.893. The van der Waals surface area contributed by atoms with Crippen LogP contribution < -0.4 is 4.90 Å². The van der Waals surface area contributed by atoms with Crippen molar-refractivity contribution in [3.8, 4) is 0 Å². The Morgan fingerprint density at radius 2 is 1.56 bits per heavy atom. The van der Waals surface area contributed by atoms with E-state index in [1.807, 2.05) is 6.92 Å². The fourth-order valence-electron chi connectivity index (χ4n) is 3.64. The molecule has 25 heavy (non-hydrogen) atoms. The summed E-state index contributed by atoms with van der Waals surface area (Å²) in [7, 11) is 0. The van der Waals surface area contributed by atoms with E-state index in [2.05, 4.69) is 54.6 Å². The number of carbonyl (C=O) groups is 1. The highest BCUT2D eigenvalue weighted by atomic mass is 16.1. The molecule has 0 bridgehead atoms. The van der Waals surface area contributed by atoms with Crippen molar-refractivity contribution >= 4 is 28.1 Å². The lowest BCUT2D eigenvalue weighted by molar-refractivity contribution is 0.104. The zero-order valence-corrected chi connectivity index (χ0v) is 15.8. The Bertz CT molecular complexity index is 848. The molecule has 0 saturated carbocycles. The van der Waals surface area contributed by atoms with E-state index < -0.39 is 0 Å². The van der Waals surface area contributed by atoms with Crippen LogP contribution in [-0.2, 0) is 0 Å². The minimum absolute atomic E-state index is 0.0263. The predicted octanol–water partition coefficient (Wildman–Crippen LogP) is 3.66. The first-order valence-corrected chi connectivity index (χ1v) is 9.13. The Hall–Kier alpha value is -2.43. The molecule has 1 aliphatic carbocycles. The lowest BCUT2D eigenvalue weighted by Crippen LogP contribution is -2.26. The third-order valence-corrected chi connectivity index (χ3v) is 4.93. The number of benzene rings is 1. The zero-order chi connectivity index (χ0) is 18.1. The summed E-state index contributed by atoms with van der Waals surface area (Å²) in [5.74, 6) is 0.614. The van der Waals surface area contributed by atoms with E-state index >= 15 is 0 Å². The Morgan fingerprint density at radius 1 is 0.920 bits per heavy atom. The number of ketones is 1. The second kappa shape index (κ2) is 6.82. The van der Waals surface area contributed by atoms with E-state index in [9.17, 15) is 4.79 Å². The molecule has 1 aliphatic rings. The summed E-state index contributed by atoms with van der Waals surface area (Å²) in [6, 6.07) is 4.25. The molecule has 0 amide bonds. The molecule has 0 saturated heterocycles. The number of hydrogen-bond acceptors (Lipinski definition) is 5. The van der Waals surface area contributed by atoms with Crippen molar-refractivity contribution in [2.45, 2.75) is 34.6 Å². The first kappa shape index (κ1) is 17.4. The first-order chi connectivity index (χ1) is 12.0. The molecule has 5 nitrogen and oxygen atoms in total. The van der Waals surface area contributed by atoms with Crippen LogP contribution in [0.15, 0.2) is 18.2 Å². The smallest absolute Gasteiger partial charge is 0.207 e. The van der Waals surface area contributed by atoms with Crippen LogP contribution in [0.4, 0.5) is 5.69 Å². The Morgan fingerprint density at radius 3 is 2.16 bits per heavy atom. The van der Waals surface area contributed by atoms with Crippen LogP contribution >= 0.6 is 0 Å². The van der Waals surface area contributed by atoms with Gasteiger partial charge in [-0.05, 0) is 46.8 Å². The number of allylic oxidation sites excluding steroid dienone is 1. The maximum absolute atomic E-state index is 12.8. The highest BCUT2D eigenvalue weighted by molar-refractivity contribution is 6.21. The summed E-state index contributed by atoms with van der Waals surface area (Å²) in [6.45, 7) is 13.9. The zero-order valence-electron chi connectivity index (χ0n) is 15.8. The molecule has 1 aromatic heterocycles. The summed E-state index contributed by atoms with van der Waals surface area (Å²) in [5.41, 5.74) is 4.52. The van der Waals surface area contributed by atoms with Gasteiger partial charge in [0.05, 0.1) is 11.2 Å². The third-order valence-electron chi connectivity index (χ3n) is 4.93. The highest BCUT2D eigenvalue weighted by Crippen LogP contribution is 2.37. The predicted molar refractivity (Wildman–Crippen MR) is 103 cm³/mol. The van der Waals surface area contributed by atoms with E-state index in [-0.39, 0.29) is 5.78 Å². The topological polar surface area (TPSA) is 49.3 Å². The van der Waals surface area contributed by atoms with Gasteiger partial charge in [0.25, 0.3) is 0 Å². The standard InChI is InChI=1S/C20H26N4O/c1-6-23(7-2)15-11-10-14-16(24(8-3)9-4)12-17(25)20-18(14)19(15)21-13(5)22-20/h10-12H,6-9H2,1-5H3. The number of rotatable bonds is 6. The molecule has 0 N–H and O–H groups in total. The average molecular weight is 338 g/mol. The van der Waals surface area contributed by atoms with Crippen LogP contribution in [-0.4, -0.2) is 46.8 Å². The van der Waals surface area contributed by atoms with Gasteiger partial charge in [-0.3, -0.25) is 4.79 Å². The van der Waals surface area contributed by atoms with E-state index in [0.29, 0.717) is 11.5 Å². The van der Waals surface area contributed by atoms with Gasteiger partial charge < -0.3 is 9.80 Å². The Balaban J connectivity index is 2.35. The van der Waals surface area contributed by atoms with Crippen LogP contribution in [0, 0.1) is 6.92 Å². The minimum atomic E-state index is -0.0263. The molecule has 0 atom stereocenters. The fraction of sp³-hybridized carbons (Fsp3) is 0.450. The van der Waals surface area contributed by atoms with Crippen LogP contribution in [0.5, 0.6) is 0 Å². The fourth-order valence-corrected chi connectivity index (χ4v) is 3.64. The summed E-state index contributed by atoms with van der Waals surface area (Å²) >= 11 is 0. The van der Waals surface area contributed by atoms with Crippen molar-refractivity contribution < 1.29 is 4.79 Å².